The van der Waals surface area contributed by atoms with Crippen LogP contribution in [0, 0.1) is 0 Å². The Morgan fingerprint density at radius 2 is 1.80 bits per heavy atom. The van der Waals surface area contributed by atoms with Gasteiger partial charge in [0.1, 0.15) is 12.4 Å². The molecule has 0 unspecified atom stereocenters. The van der Waals surface area contributed by atoms with E-state index in [2.05, 4.69) is 15.5 Å². The van der Waals surface area contributed by atoms with E-state index >= 15 is 0 Å². The van der Waals surface area contributed by atoms with E-state index in [1.165, 1.54) is 23.9 Å². The zero-order valence-corrected chi connectivity index (χ0v) is 19.5. The van der Waals surface area contributed by atoms with Gasteiger partial charge in [0.05, 0.1) is 26.5 Å². The number of hydrogen-bond acceptors (Lipinski definition) is 5. The molecule has 0 spiro atoms. The molecule has 0 saturated carbocycles. The fourth-order valence-electron chi connectivity index (χ4n) is 2.52. The molecular weight excluding hydrogens is 490 g/mol. The van der Waals surface area contributed by atoms with Gasteiger partial charge in [-0.25, -0.2) is 0 Å². The summed E-state index contributed by atoms with van der Waals surface area (Å²) in [4.78, 5) is 12.4. The second kappa shape index (κ2) is 10.6. The number of ether oxygens (including phenoxy) is 1. The Morgan fingerprint density at radius 1 is 1.10 bits per heavy atom. The van der Waals surface area contributed by atoms with Gasteiger partial charge in [0.25, 0.3) is 0 Å². The van der Waals surface area contributed by atoms with Crippen LogP contribution in [-0.4, -0.2) is 26.4 Å². The van der Waals surface area contributed by atoms with E-state index in [9.17, 15) is 4.79 Å². The number of aromatic nitrogens is 3. The molecule has 1 aromatic heterocycles. The number of nitrogens with zero attached hydrogens (tertiary/aromatic N) is 3. The first-order valence-electron chi connectivity index (χ1n) is 8.75. The first-order chi connectivity index (χ1) is 14.4. The standard InChI is InChI=1S/C19H16Cl4N4O2S/c1-2-27-16(9-29-15-6-4-3-5-12(15)21)25-26-19(27)30-10-17(28)24-18-13(22)7-11(20)8-14(18)23/h3-8H,2,9-10H2,1H3,(H,24,28). The van der Waals surface area contributed by atoms with Gasteiger partial charge in [-0.15, -0.1) is 10.2 Å². The second-order valence-corrected chi connectivity index (χ2v) is 8.54. The lowest BCUT2D eigenvalue weighted by Crippen LogP contribution is -2.15. The minimum absolute atomic E-state index is 0.0960. The van der Waals surface area contributed by atoms with Crippen molar-refractivity contribution in [2.75, 3.05) is 11.1 Å². The van der Waals surface area contributed by atoms with Crippen molar-refractivity contribution < 1.29 is 9.53 Å². The van der Waals surface area contributed by atoms with E-state index in [1.54, 1.807) is 12.1 Å². The van der Waals surface area contributed by atoms with Crippen molar-refractivity contribution in [3.63, 3.8) is 0 Å². The normalized spacial score (nSPS) is 10.8. The van der Waals surface area contributed by atoms with Crippen LogP contribution in [-0.2, 0) is 17.9 Å². The lowest BCUT2D eigenvalue weighted by molar-refractivity contribution is -0.113. The summed E-state index contributed by atoms with van der Waals surface area (Å²) in [7, 11) is 0. The zero-order valence-electron chi connectivity index (χ0n) is 15.7. The quantitative estimate of drug-likeness (QED) is 0.368. The van der Waals surface area contributed by atoms with E-state index in [4.69, 9.17) is 51.1 Å². The molecule has 0 aliphatic carbocycles. The average Bonchev–Trinajstić information content (AvgIpc) is 3.10. The van der Waals surface area contributed by atoms with Gasteiger partial charge in [0, 0.05) is 11.6 Å². The monoisotopic (exact) mass is 504 g/mol. The Balaban J connectivity index is 1.62. The van der Waals surface area contributed by atoms with Crippen LogP contribution in [0.15, 0.2) is 41.6 Å². The number of anilines is 1. The number of benzene rings is 2. The third kappa shape index (κ3) is 5.74. The summed E-state index contributed by atoms with van der Waals surface area (Å²) in [5.74, 6) is 1.00. The van der Waals surface area contributed by atoms with Gasteiger partial charge in [-0.2, -0.15) is 0 Å². The molecule has 11 heteroatoms. The van der Waals surface area contributed by atoms with Crippen molar-refractivity contribution >= 4 is 69.8 Å². The number of halogens is 4. The summed E-state index contributed by atoms with van der Waals surface area (Å²) in [5, 5.41) is 13.1. The lowest BCUT2D eigenvalue weighted by atomic mass is 10.3. The van der Waals surface area contributed by atoms with Crippen LogP contribution in [0.4, 0.5) is 5.69 Å². The van der Waals surface area contributed by atoms with Gasteiger partial charge < -0.3 is 14.6 Å². The third-order valence-electron chi connectivity index (χ3n) is 3.91. The van der Waals surface area contributed by atoms with Crippen LogP contribution in [0.1, 0.15) is 12.7 Å². The van der Waals surface area contributed by atoms with E-state index in [0.717, 1.165) is 0 Å². The maximum Gasteiger partial charge on any atom is 0.234 e. The summed E-state index contributed by atoms with van der Waals surface area (Å²) in [6, 6.07) is 10.2. The molecular formula is C19H16Cl4N4O2S. The second-order valence-electron chi connectivity index (χ2n) is 5.94. The van der Waals surface area contributed by atoms with Crippen molar-refractivity contribution in [1.82, 2.24) is 14.8 Å². The van der Waals surface area contributed by atoms with Gasteiger partial charge in [0.2, 0.25) is 5.91 Å². The number of carbonyl (C=O) groups excluding carboxylic acids is 1. The van der Waals surface area contributed by atoms with Crippen molar-refractivity contribution in [3.8, 4) is 5.75 Å². The molecule has 2 aromatic carbocycles. The van der Waals surface area contributed by atoms with Crippen molar-refractivity contribution in [3.05, 3.63) is 62.3 Å². The minimum Gasteiger partial charge on any atom is -0.484 e. The minimum atomic E-state index is -0.286. The smallest absolute Gasteiger partial charge is 0.234 e. The average molecular weight is 506 g/mol. The summed E-state index contributed by atoms with van der Waals surface area (Å²) in [6.07, 6.45) is 0. The Morgan fingerprint density at radius 3 is 2.47 bits per heavy atom. The van der Waals surface area contributed by atoms with Crippen molar-refractivity contribution in [2.45, 2.75) is 25.2 Å². The Labute approximate surface area is 197 Å². The summed E-state index contributed by atoms with van der Waals surface area (Å²) in [6.45, 7) is 2.78. The molecule has 0 aliphatic rings. The Hall–Kier alpha value is -1.64. The lowest BCUT2D eigenvalue weighted by Gasteiger charge is -2.11. The van der Waals surface area contributed by atoms with Crippen molar-refractivity contribution in [2.24, 2.45) is 0 Å². The zero-order chi connectivity index (χ0) is 21.7. The molecule has 3 aromatic rings. The summed E-state index contributed by atoms with van der Waals surface area (Å²) < 4.78 is 7.61. The number of thioether (sulfide) groups is 1. The summed E-state index contributed by atoms with van der Waals surface area (Å²) >= 11 is 25.4. The first kappa shape index (κ1) is 23.0. The van der Waals surface area contributed by atoms with Crippen LogP contribution >= 0.6 is 58.2 Å². The number of nitrogens with one attached hydrogen (secondary N) is 1. The van der Waals surface area contributed by atoms with Crippen LogP contribution in [0.2, 0.25) is 20.1 Å². The van der Waals surface area contributed by atoms with Gasteiger partial charge in [-0.05, 0) is 31.2 Å². The molecule has 158 valence electrons. The molecule has 1 amide bonds. The van der Waals surface area contributed by atoms with E-state index in [1.807, 2.05) is 23.6 Å². The molecule has 0 saturated heterocycles. The Bertz CT molecular complexity index is 1040. The highest BCUT2D eigenvalue weighted by Gasteiger charge is 2.16. The molecule has 0 radical (unpaired) electrons. The van der Waals surface area contributed by atoms with E-state index in [-0.39, 0.29) is 28.3 Å². The maximum absolute atomic E-state index is 12.4. The van der Waals surface area contributed by atoms with Gasteiger partial charge in [0.15, 0.2) is 11.0 Å². The predicted octanol–water partition coefficient (Wildman–Crippen LogP) is 6.22. The van der Waals surface area contributed by atoms with E-state index < -0.39 is 0 Å². The highest BCUT2D eigenvalue weighted by molar-refractivity contribution is 7.99. The number of rotatable bonds is 8. The largest absolute Gasteiger partial charge is 0.484 e. The van der Waals surface area contributed by atoms with Gasteiger partial charge in [-0.3, -0.25) is 4.79 Å². The molecule has 30 heavy (non-hydrogen) atoms. The Kier molecular flexibility index (Phi) is 8.13. The van der Waals surface area contributed by atoms with Crippen LogP contribution in [0.5, 0.6) is 5.75 Å². The number of amides is 1. The molecule has 0 aliphatic heterocycles. The molecule has 6 nitrogen and oxygen atoms in total. The third-order valence-corrected chi connectivity index (χ3v) is 6.00. The van der Waals surface area contributed by atoms with Gasteiger partial charge in [-0.1, -0.05) is 70.3 Å². The van der Waals surface area contributed by atoms with Crippen LogP contribution in [0.25, 0.3) is 0 Å². The SMILES string of the molecule is CCn1c(COc2ccccc2Cl)nnc1SCC(=O)Nc1c(Cl)cc(Cl)cc1Cl. The maximum atomic E-state index is 12.4. The number of para-hydroxylation sites is 1. The summed E-state index contributed by atoms with van der Waals surface area (Å²) in [5.41, 5.74) is 0.319. The van der Waals surface area contributed by atoms with Gasteiger partial charge >= 0.3 is 0 Å². The molecule has 0 atom stereocenters. The molecule has 1 heterocycles. The fraction of sp³-hybridized carbons (Fsp3) is 0.211. The van der Waals surface area contributed by atoms with Crippen LogP contribution < -0.4 is 10.1 Å². The van der Waals surface area contributed by atoms with Crippen molar-refractivity contribution in [1.29, 1.82) is 0 Å². The van der Waals surface area contributed by atoms with Crippen LogP contribution in [0.3, 0.4) is 0 Å². The highest BCUT2D eigenvalue weighted by Crippen LogP contribution is 2.34. The van der Waals surface area contributed by atoms with E-state index in [0.29, 0.717) is 39.0 Å². The molecule has 0 bridgehead atoms. The molecule has 1 N–H and O–H groups in total. The highest BCUT2D eigenvalue weighted by atomic mass is 35.5. The predicted molar refractivity (Wildman–Crippen MR) is 122 cm³/mol. The fourth-order valence-corrected chi connectivity index (χ4v) is 4.44. The first-order valence-corrected chi connectivity index (χ1v) is 11.3. The number of carbonyl (C=O) groups is 1. The topological polar surface area (TPSA) is 69.0 Å². The molecule has 0 fully saturated rings. The number of hydrogen-bond donors (Lipinski definition) is 1. The molecule has 3 rings (SSSR count).